The Kier molecular flexibility index (Phi) is 5.32. The Balaban J connectivity index is 1.48. The van der Waals surface area contributed by atoms with Gasteiger partial charge in [-0.2, -0.15) is 0 Å². The summed E-state index contributed by atoms with van der Waals surface area (Å²) in [5, 5.41) is 10.1. The van der Waals surface area contributed by atoms with Crippen molar-refractivity contribution in [2.45, 2.75) is 105 Å². The van der Waals surface area contributed by atoms with Crippen LogP contribution in [0.2, 0.25) is 0 Å². The molecule has 0 aromatic carbocycles. The number of rotatable bonds is 3. The second kappa shape index (κ2) is 7.19. The van der Waals surface area contributed by atoms with Crippen molar-refractivity contribution in [2.75, 3.05) is 0 Å². The maximum atomic E-state index is 10.1. The Bertz CT molecular complexity index is 569. The fourth-order valence-electron chi connectivity index (χ4n) is 8.09. The third kappa shape index (κ3) is 3.67. The predicted molar refractivity (Wildman–Crippen MR) is 114 cm³/mol. The molecule has 0 spiro atoms. The van der Waals surface area contributed by atoms with E-state index in [0.717, 1.165) is 48.3 Å². The summed E-state index contributed by atoms with van der Waals surface area (Å²) < 4.78 is 0. The lowest BCUT2D eigenvalue weighted by atomic mass is 9.51. The molecule has 0 aliphatic heterocycles. The molecule has 4 aliphatic carbocycles. The molecule has 0 bridgehead atoms. The van der Waals surface area contributed by atoms with Crippen molar-refractivity contribution >= 4 is 0 Å². The molecular weight excluding hydrogens is 328 g/mol. The first-order valence-corrected chi connectivity index (χ1v) is 12.1. The van der Waals surface area contributed by atoms with E-state index in [0.29, 0.717) is 10.8 Å². The van der Waals surface area contributed by atoms with E-state index in [1.165, 1.54) is 51.4 Å². The van der Waals surface area contributed by atoms with Gasteiger partial charge < -0.3 is 5.11 Å². The second-order valence-corrected chi connectivity index (χ2v) is 12.3. The monoisotopic (exact) mass is 372 g/mol. The molecule has 3 unspecified atom stereocenters. The van der Waals surface area contributed by atoms with Crippen LogP contribution in [0.3, 0.4) is 0 Å². The number of fused-ring (bicyclic) bond motifs is 5. The molecule has 0 radical (unpaired) electrons. The molecular formula is C26H44O. The van der Waals surface area contributed by atoms with Crippen LogP contribution in [0.4, 0.5) is 0 Å². The van der Waals surface area contributed by atoms with E-state index in [1.807, 2.05) is 0 Å². The average molecular weight is 373 g/mol. The zero-order valence-corrected chi connectivity index (χ0v) is 18.6. The van der Waals surface area contributed by atoms with Crippen molar-refractivity contribution in [1.82, 2.24) is 0 Å². The molecule has 0 amide bonds. The van der Waals surface area contributed by atoms with Crippen LogP contribution in [0.15, 0.2) is 11.6 Å². The molecule has 3 fully saturated rings. The second-order valence-electron chi connectivity index (χ2n) is 12.3. The summed E-state index contributed by atoms with van der Waals surface area (Å²) in [5.41, 5.74) is 2.70. The number of aliphatic hydroxyl groups excluding tert-OH is 1. The van der Waals surface area contributed by atoms with Gasteiger partial charge in [-0.25, -0.2) is 0 Å². The molecule has 4 rings (SSSR count). The lowest BCUT2D eigenvalue weighted by molar-refractivity contribution is -0.0300. The minimum Gasteiger partial charge on any atom is -0.393 e. The van der Waals surface area contributed by atoms with Crippen LogP contribution in [-0.4, -0.2) is 11.2 Å². The molecule has 0 aromatic rings. The molecule has 4 aliphatic rings. The lowest BCUT2D eigenvalue weighted by Gasteiger charge is -2.54. The highest BCUT2D eigenvalue weighted by Crippen LogP contribution is 2.64. The molecule has 1 nitrogen and oxygen atoms in total. The first-order chi connectivity index (χ1) is 12.7. The summed E-state index contributed by atoms with van der Waals surface area (Å²) in [6.07, 6.45) is 15.8. The van der Waals surface area contributed by atoms with Gasteiger partial charge >= 0.3 is 0 Å². The highest BCUT2D eigenvalue weighted by molar-refractivity contribution is 5.20. The van der Waals surface area contributed by atoms with Crippen LogP contribution >= 0.6 is 0 Å². The molecule has 0 heterocycles. The van der Waals surface area contributed by atoms with Crippen LogP contribution in [-0.2, 0) is 0 Å². The van der Waals surface area contributed by atoms with Gasteiger partial charge in [0.25, 0.3) is 0 Å². The first kappa shape index (κ1) is 20.0. The van der Waals surface area contributed by atoms with Crippen molar-refractivity contribution in [1.29, 1.82) is 0 Å². The highest BCUT2D eigenvalue weighted by atomic mass is 16.3. The third-order valence-corrected chi connectivity index (χ3v) is 9.53. The van der Waals surface area contributed by atoms with Gasteiger partial charge in [0, 0.05) is 0 Å². The van der Waals surface area contributed by atoms with Crippen molar-refractivity contribution in [3.05, 3.63) is 11.6 Å². The Morgan fingerprint density at radius 3 is 2.63 bits per heavy atom. The van der Waals surface area contributed by atoms with Crippen LogP contribution < -0.4 is 0 Å². The molecule has 0 saturated heterocycles. The van der Waals surface area contributed by atoms with Crippen LogP contribution in [0.5, 0.6) is 0 Å². The average Bonchev–Trinajstić information content (AvgIpc) is 2.96. The van der Waals surface area contributed by atoms with Gasteiger partial charge in [-0.15, -0.1) is 0 Å². The largest absolute Gasteiger partial charge is 0.393 e. The Morgan fingerprint density at radius 1 is 1.11 bits per heavy atom. The number of aliphatic hydroxyl groups is 1. The molecule has 8 atom stereocenters. The minimum absolute atomic E-state index is 0.0579. The first-order valence-electron chi connectivity index (χ1n) is 12.1. The summed E-state index contributed by atoms with van der Waals surface area (Å²) >= 11 is 0. The smallest absolute Gasteiger partial charge is 0.0577 e. The van der Waals surface area contributed by atoms with Gasteiger partial charge in [0.05, 0.1) is 6.10 Å². The molecule has 0 aromatic heterocycles. The van der Waals surface area contributed by atoms with Crippen LogP contribution in [0.25, 0.3) is 0 Å². The summed E-state index contributed by atoms with van der Waals surface area (Å²) in [5.74, 6) is 5.48. The maximum Gasteiger partial charge on any atom is 0.0577 e. The number of hydrogen-bond acceptors (Lipinski definition) is 1. The van der Waals surface area contributed by atoms with Crippen molar-refractivity contribution < 1.29 is 5.11 Å². The maximum absolute atomic E-state index is 10.1. The molecule has 1 heteroatoms. The third-order valence-electron chi connectivity index (χ3n) is 9.53. The summed E-state index contributed by atoms with van der Waals surface area (Å²) in [7, 11) is 0. The van der Waals surface area contributed by atoms with Crippen LogP contribution in [0.1, 0.15) is 98.8 Å². The highest BCUT2D eigenvalue weighted by Gasteiger charge is 2.56. The standard InChI is InChI=1S/C26H44O/c1-17(12-14-25(2,3)4)23-10-11-24-22-8-6-18-16-19(27)7-9-20(18)21(22)13-15-26(23,24)5/h6,17,19-24,27H,7-16H2,1-5H3/t17-,19+,20+,21?,22?,23-,24?,26-/m1/s1. The van der Waals surface area contributed by atoms with E-state index >= 15 is 0 Å². The fourth-order valence-corrected chi connectivity index (χ4v) is 8.09. The van der Waals surface area contributed by atoms with Gasteiger partial charge in [-0.05, 0) is 111 Å². The quantitative estimate of drug-likeness (QED) is 0.529. The van der Waals surface area contributed by atoms with Gasteiger partial charge in [-0.3, -0.25) is 0 Å². The van der Waals surface area contributed by atoms with E-state index in [9.17, 15) is 5.11 Å². The van der Waals surface area contributed by atoms with E-state index in [1.54, 1.807) is 5.57 Å². The summed E-state index contributed by atoms with van der Waals surface area (Å²) in [6.45, 7) is 12.5. The van der Waals surface area contributed by atoms with Crippen molar-refractivity contribution in [2.24, 2.45) is 46.3 Å². The number of hydrogen-bond donors (Lipinski definition) is 1. The summed E-state index contributed by atoms with van der Waals surface area (Å²) in [6, 6.07) is 0. The Morgan fingerprint density at radius 2 is 1.89 bits per heavy atom. The summed E-state index contributed by atoms with van der Waals surface area (Å²) in [4.78, 5) is 0. The van der Waals surface area contributed by atoms with Crippen molar-refractivity contribution in [3.63, 3.8) is 0 Å². The van der Waals surface area contributed by atoms with Gasteiger partial charge in [0.15, 0.2) is 0 Å². The number of allylic oxidation sites excluding steroid dienone is 1. The molecule has 27 heavy (non-hydrogen) atoms. The Hall–Kier alpha value is -0.300. The van der Waals surface area contributed by atoms with Crippen molar-refractivity contribution in [3.8, 4) is 0 Å². The van der Waals surface area contributed by atoms with E-state index < -0.39 is 0 Å². The van der Waals surface area contributed by atoms with Crippen LogP contribution in [0, 0.1) is 46.3 Å². The fraction of sp³-hybridized carbons (Fsp3) is 0.923. The zero-order chi connectivity index (χ0) is 19.4. The van der Waals surface area contributed by atoms with Gasteiger partial charge in [0.1, 0.15) is 0 Å². The van der Waals surface area contributed by atoms with E-state index in [4.69, 9.17) is 0 Å². The molecule has 3 saturated carbocycles. The molecule has 1 N–H and O–H groups in total. The SMILES string of the molecule is C[C@H](CCC(C)(C)C)[C@H]1CCC2C3CC=C4C[C@@H](O)CC[C@@H]4C3CC[C@@]21C. The van der Waals surface area contributed by atoms with Gasteiger partial charge in [-0.1, -0.05) is 46.3 Å². The Labute approximate surface area is 168 Å². The van der Waals surface area contributed by atoms with E-state index in [2.05, 4.69) is 40.7 Å². The molecule has 154 valence electrons. The predicted octanol–water partition coefficient (Wildman–Crippen LogP) is 7.00. The van der Waals surface area contributed by atoms with Gasteiger partial charge in [0.2, 0.25) is 0 Å². The minimum atomic E-state index is -0.0579. The zero-order valence-electron chi connectivity index (χ0n) is 18.6. The normalized spacial score (nSPS) is 45.5. The topological polar surface area (TPSA) is 20.2 Å². The van der Waals surface area contributed by atoms with E-state index in [-0.39, 0.29) is 6.10 Å². The lowest BCUT2D eigenvalue weighted by Crippen LogP contribution is -2.47.